The Morgan fingerprint density at radius 3 is 1.68 bits per heavy atom. The third-order valence-corrected chi connectivity index (χ3v) is 3.81. The third kappa shape index (κ3) is 2.65. The van der Waals surface area contributed by atoms with Crippen molar-refractivity contribution in [3.8, 4) is 11.5 Å². The van der Waals surface area contributed by atoms with Crippen LogP contribution >= 0.6 is 23.2 Å². The van der Waals surface area contributed by atoms with E-state index in [1.807, 2.05) is 6.92 Å². The summed E-state index contributed by atoms with van der Waals surface area (Å²) >= 11 is 11.9. The van der Waals surface area contributed by atoms with Crippen molar-refractivity contribution >= 4 is 23.2 Å². The Bertz CT molecular complexity index is 545. The van der Waals surface area contributed by atoms with Gasteiger partial charge in [-0.3, -0.25) is 0 Å². The fourth-order valence-electron chi connectivity index (χ4n) is 2.23. The van der Waals surface area contributed by atoms with E-state index in [1.165, 1.54) is 0 Å². The summed E-state index contributed by atoms with van der Waals surface area (Å²) in [5, 5.41) is 20.8. The molecule has 2 aromatic carbocycles. The third-order valence-electron chi connectivity index (χ3n) is 3.20. The van der Waals surface area contributed by atoms with Crippen molar-refractivity contribution in [3.63, 3.8) is 0 Å². The molecule has 2 N–H and O–H groups in total. The predicted octanol–water partition coefficient (Wildman–Crippen LogP) is 4.95. The number of phenols is 2. The van der Waals surface area contributed by atoms with Gasteiger partial charge in [0, 0.05) is 17.0 Å². The molecule has 0 fully saturated rings. The van der Waals surface area contributed by atoms with Crippen LogP contribution in [-0.4, -0.2) is 10.2 Å². The van der Waals surface area contributed by atoms with Crippen LogP contribution in [0.1, 0.15) is 30.4 Å². The van der Waals surface area contributed by atoms with Crippen LogP contribution in [0, 0.1) is 0 Å². The van der Waals surface area contributed by atoms with Crippen molar-refractivity contribution in [2.75, 3.05) is 0 Å². The van der Waals surface area contributed by atoms with Gasteiger partial charge in [0.2, 0.25) is 0 Å². The highest BCUT2D eigenvalue weighted by Gasteiger charge is 2.21. The van der Waals surface area contributed by atoms with E-state index in [-0.39, 0.29) is 17.4 Å². The lowest BCUT2D eigenvalue weighted by Crippen LogP contribution is -2.01. The van der Waals surface area contributed by atoms with E-state index in [1.54, 1.807) is 36.4 Å². The Morgan fingerprint density at radius 2 is 1.32 bits per heavy atom. The van der Waals surface area contributed by atoms with Crippen molar-refractivity contribution in [3.05, 3.63) is 57.6 Å². The van der Waals surface area contributed by atoms with E-state index in [2.05, 4.69) is 0 Å². The number of aromatic hydroxyl groups is 2. The zero-order valence-corrected chi connectivity index (χ0v) is 11.9. The molecule has 4 heteroatoms. The van der Waals surface area contributed by atoms with E-state index in [9.17, 15) is 10.2 Å². The Morgan fingerprint density at radius 1 is 0.895 bits per heavy atom. The highest BCUT2D eigenvalue weighted by atomic mass is 35.5. The zero-order chi connectivity index (χ0) is 14.0. The summed E-state index contributed by atoms with van der Waals surface area (Å²) in [6, 6.07) is 10.4. The van der Waals surface area contributed by atoms with Crippen LogP contribution < -0.4 is 0 Å². The minimum absolute atomic E-state index is 0.0513. The minimum Gasteiger partial charge on any atom is -0.506 e. The van der Waals surface area contributed by atoms with Crippen molar-refractivity contribution in [1.82, 2.24) is 0 Å². The van der Waals surface area contributed by atoms with E-state index in [0.29, 0.717) is 27.6 Å². The van der Waals surface area contributed by atoms with Gasteiger partial charge in [0.15, 0.2) is 0 Å². The highest BCUT2D eigenvalue weighted by molar-refractivity contribution is 6.32. The number of hydrogen-bond acceptors (Lipinski definition) is 2. The molecular weight excluding hydrogens is 283 g/mol. The van der Waals surface area contributed by atoms with Crippen molar-refractivity contribution in [2.24, 2.45) is 0 Å². The molecule has 0 radical (unpaired) electrons. The summed E-state index contributed by atoms with van der Waals surface area (Å²) in [5.41, 5.74) is 1.38. The summed E-state index contributed by atoms with van der Waals surface area (Å²) in [6.07, 6.45) is 0.710. The fraction of sp³-hybridized carbons (Fsp3) is 0.200. The lowest BCUT2D eigenvalue weighted by Gasteiger charge is -2.19. The fourth-order valence-corrected chi connectivity index (χ4v) is 2.60. The topological polar surface area (TPSA) is 40.5 Å². The second-order valence-corrected chi connectivity index (χ2v) is 5.13. The second kappa shape index (κ2) is 5.72. The molecule has 100 valence electrons. The highest BCUT2D eigenvalue weighted by Crippen LogP contribution is 2.42. The second-order valence-electron chi connectivity index (χ2n) is 4.32. The zero-order valence-electron chi connectivity index (χ0n) is 10.4. The van der Waals surface area contributed by atoms with Crippen LogP contribution in [0.3, 0.4) is 0 Å². The summed E-state index contributed by atoms with van der Waals surface area (Å²) in [4.78, 5) is 0. The van der Waals surface area contributed by atoms with Gasteiger partial charge >= 0.3 is 0 Å². The maximum atomic E-state index is 10.1. The first-order chi connectivity index (χ1) is 9.06. The molecule has 0 spiro atoms. The monoisotopic (exact) mass is 296 g/mol. The Labute approximate surface area is 122 Å². The Hall–Kier alpha value is -1.38. The van der Waals surface area contributed by atoms with Gasteiger partial charge < -0.3 is 10.2 Å². The van der Waals surface area contributed by atoms with Gasteiger partial charge in [0.25, 0.3) is 0 Å². The maximum Gasteiger partial charge on any atom is 0.137 e. The molecule has 0 unspecified atom stereocenters. The summed E-state index contributed by atoms with van der Waals surface area (Å²) in [5.74, 6) is -0.0526. The molecule has 0 amide bonds. The number of halogens is 2. The van der Waals surface area contributed by atoms with Gasteiger partial charge in [-0.25, -0.2) is 0 Å². The number of para-hydroxylation sites is 2. The van der Waals surface area contributed by atoms with Crippen LogP contribution in [0.15, 0.2) is 36.4 Å². The molecule has 0 heterocycles. The predicted molar refractivity (Wildman–Crippen MR) is 78.4 cm³/mol. The number of rotatable bonds is 3. The van der Waals surface area contributed by atoms with Gasteiger partial charge in [-0.1, -0.05) is 54.4 Å². The lowest BCUT2D eigenvalue weighted by atomic mass is 9.88. The summed E-state index contributed by atoms with van der Waals surface area (Å²) in [7, 11) is 0. The molecule has 0 aliphatic carbocycles. The molecule has 2 rings (SSSR count). The molecule has 0 saturated carbocycles. The Kier molecular flexibility index (Phi) is 4.23. The largest absolute Gasteiger partial charge is 0.506 e. The van der Waals surface area contributed by atoms with Crippen LogP contribution in [0.4, 0.5) is 0 Å². The number of phenolic OH excluding ortho intramolecular Hbond substituents is 2. The molecule has 0 aromatic heterocycles. The molecule has 2 aromatic rings. The van der Waals surface area contributed by atoms with Crippen molar-refractivity contribution in [1.29, 1.82) is 0 Å². The standard InChI is InChI=1S/C15H14Cl2O2/c1-2-9(10-5-3-7-12(16)14(10)18)11-6-4-8-13(17)15(11)19/h3-9,18-19H,2H2,1H3. The average Bonchev–Trinajstić information content (AvgIpc) is 2.40. The molecule has 19 heavy (non-hydrogen) atoms. The van der Waals surface area contributed by atoms with Gasteiger partial charge in [-0.15, -0.1) is 0 Å². The maximum absolute atomic E-state index is 10.1. The van der Waals surface area contributed by atoms with Crippen molar-refractivity contribution < 1.29 is 10.2 Å². The van der Waals surface area contributed by atoms with Gasteiger partial charge in [0.05, 0.1) is 10.0 Å². The number of benzene rings is 2. The first-order valence-corrected chi connectivity index (χ1v) is 6.76. The molecule has 0 saturated heterocycles. The van der Waals surface area contributed by atoms with Gasteiger partial charge in [0.1, 0.15) is 11.5 Å². The quantitative estimate of drug-likeness (QED) is 0.841. The van der Waals surface area contributed by atoms with Crippen LogP contribution in [0.5, 0.6) is 11.5 Å². The van der Waals surface area contributed by atoms with Crippen LogP contribution in [0.25, 0.3) is 0 Å². The molecule has 0 bridgehead atoms. The van der Waals surface area contributed by atoms with E-state index < -0.39 is 0 Å². The van der Waals surface area contributed by atoms with Gasteiger partial charge in [-0.05, 0) is 18.6 Å². The molecule has 0 aliphatic heterocycles. The molecule has 2 nitrogen and oxygen atoms in total. The molecule has 0 aliphatic rings. The minimum atomic E-state index is -0.155. The lowest BCUT2D eigenvalue weighted by molar-refractivity contribution is 0.453. The first-order valence-electron chi connectivity index (χ1n) is 6.01. The average molecular weight is 297 g/mol. The van der Waals surface area contributed by atoms with Crippen molar-refractivity contribution in [2.45, 2.75) is 19.3 Å². The molecule has 0 atom stereocenters. The van der Waals surface area contributed by atoms with Gasteiger partial charge in [-0.2, -0.15) is 0 Å². The van der Waals surface area contributed by atoms with Crippen LogP contribution in [-0.2, 0) is 0 Å². The van der Waals surface area contributed by atoms with E-state index in [0.717, 1.165) is 0 Å². The van der Waals surface area contributed by atoms with E-state index in [4.69, 9.17) is 23.2 Å². The normalized spacial score (nSPS) is 10.9. The Balaban J connectivity index is 2.57. The first kappa shape index (κ1) is 14.0. The van der Waals surface area contributed by atoms with Crippen LogP contribution in [0.2, 0.25) is 10.0 Å². The smallest absolute Gasteiger partial charge is 0.137 e. The SMILES string of the molecule is CCC(c1cccc(Cl)c1O)c1cccc(Cl)c1O. The summed E-state index contributed by atoms with van der Waals surface area (Å²) in [6.45, 7) is 1.98. The molecular formula is C15H14Cl2O2. The number of hydrogen-bond donors (Lipinski definition) is 2. The summed E-state index contributed by atoms with van der Waals surface area (Å²) < 4.78 is 0. The van der Waals surface area contributed by atoms with E-state index >= 15 is 0 Å².